The van der Waals surface area contributed by atoms with Gasteiger partial charge in [-0.15, -0.1) is 0 Å². The van der Waals surface area contributed by atoms with Crippen LogP contribution in [-0.4, -0.2) is 13.7 Å². The van der Waals surface area contributed by atoms with Crippen molar-refractivity contribution in [2.45, 2.75) is 25.6 Å². The molecule has 0 atom stereocenters. The summed E-state index contributed by atoms with van der Waals surface area (Å²) >= 11 is 0. The summed E-state index contributed by atoms with van der Waals surface area (Å²) in [4.78, 5) is 0. The van der Waals surface area contributed by atoms with Crippen LogP contribution in [0.25, 0.3) is 0 Å². The van der Waals surface area contributed by atoms with Crippen LogP contribution in [-0.2, 0) is 0 Å². The monoisotopic (exact) mass is 157 g/mol. The van der Waals surface area contributed by atoms with Crippen LogP contribution in [0.5, 0.6) is 0 Å². The van der Waals surface area contributed by atoms with Gasteiger partial charge >= 0.3 is 6.98 Å². The van der Waals surface area contributed by atoms with Crippen LogP contribution in [0.3, 0.4) is 0 Å². The second-order valence-corrected chi connectivity index (χ2v) is 2.25. The van der Waals surface area contributed by atoms with Gasteiger partial charge in [0.2, 0.25) is 0 Å². The van der Waals surface area contributed by atoms with E-state index in [4.69, 9.17) is 0 Å². The van der Waals surface area contributed by atoms with Gasteiger partial charge in [-0.1, -0.05) is 19.2 Å². The highest BCUT2D eigenvalue weighted by atomic mass is 19.4. The molecule has 0 saturated carbocycles. The van der Waals surface area contributed by atoms with Crippen molar-refractivity contribution in [3.63, 3.8) is 0 Å². The molecule has 5 heteroatoms. The average Bonchev–Trinajstić information content (AvgIpc) is 1.78. The molecule has 0 amide bonds. The molecule has 62 valence electrons. The zero-order valence-electron chi connectivity index (χ0n) is 5.62. The Kier molecular flexibility index (Phi) is 4.48. The fraction of sp³-hybridized carbons (Fsp3) is 1.00. The smallest absolute Gasteiger partial charge is 0.449 e. The van der Waals surface area contributed by atoms with E-state index in [0.717, 1.165) is 0 Å². The predicted molar refractivity (Wildman–Crippen MR) is 33.7 cm³/mol. The van der Waals surface area contributed by atoms with Gasteiger partial charge < -0.3 is 12.9 Å². The van der Waals surface area contributed by atoms with Crippen molar-refractivity contribution in [1.82, 2.24) is 0 Å². The maximum Gasteiger partial charge on any atom is 0.478 e. The molecule has 0 aromatic carbocycles. The molecular weight excluding hydrogens is 147 g/mol. The largest absolute Gasteiger partial charge is 0.478 e. The first-order chi connectivity index (χ1) is 4.56. The maximum atomic E-state index is 11.5. The molecule has 0 unspecified atom stereocenters. The first kappa shape index (κ1) is 9.78. The molecule has 0 aliphatic heterocycles. The molecule has 0 N–H and O–H groups in total. The first-order valence-corrected chi connectivity index (χ1v) is 3.33. The standard InChI is InChI=1S/C5H10BF4/c7-5-3-1-2-4-6(8,9)10/h1-5H2/q-1. The zero-order valence-corrected chi connectivity index (χ0v) is 5.62. The minimum Gasteiger partial charge on any atom is -0.449 e. The predicted octanol–water partition coefficient (Wildman–Crippen LogP) is 2.97. The molecule has 0 nitrogen and oxygen atoms in total. The summed E-state index contributed by atoms with van der Waals surface area (Å²) in [5.74, 6) is 0. The van der Waals surface area contributed by atoms with Crippen molar-refractivity contribution >= 4 is 6.98 Å². The van der Waals surface area contributed by atoms with Crippen molar-refractivity contribution in [2.24, 2.45) is 0 Å². The Labute approximate surface area is 57.7 Å². The molecule has 0 aliphatic carbocycles. The summed E-state index contributed by atoms with van der Waals surface area (Å²) in [6.45, 7) is -5.15. The topological polar surface area (TPSA) is 0 Å². The van der Waals surface area contributed by atoms with Gasteiger partial charge in [0.05, 0.1) is 6.67 Å². The van der Waals surface area contributed by atoms with Gasteiger partial charge in [-0.25, -0.2) is 0 Å². The highest BCUT2D eigenvalue weighted by molar-refractivity contribution is 6.58. The lowest BCUT2D eigenvalue weighted by atomic mass is 9.83. The number of hydrogen-bond donors (Lipinski definition) is 0. The molecule has 0 rings (SSSR count). The summed E-state index contributed by atoms with van der Waals surface area (Å²) in [5, 5.41) is 0. The lowest BCUT2D eigenvalue weighted by molar-refractivity contribution is 0.439. The quantitative estimate of drug-likeness (QED) is 0.327. The number of unbranched alkanes of at least 4 members (excludes halogenated alkanes) is 2. The maximum absolute atomic E-state index is 11.5. The Morgan fingerprint density at radius 3 is 1.90 bits per heavy atom. The van der Waals surface area contributed by atoms with Gasteiger partial charge in [0, 0.05) is 0 Å². The normalized spacial score (nSPS) is 12.0. The van der Waals surface area contributed by atoms with Gasteiger partial charge in [0.1, 0.15) is 0 Å². The fourth-order valence-corrected chi connectivity index (χ4v) is 0.647. The Morgan fingerprint density at radius 1 is 0.900 bits per heavy atom. The van der Waals surface area contributed by atoms with E-state index in [1.807, 2.05) is 0 Å². The van der Waals surface area contributed by atoms with E-state index < -0.39 is 20.0 Å². The molecule has 0 fully saturated rings. The Balaban J connectivity index is 3.04. The van der Waals surface area contributed by atoms with Gasteiger partial charge in [0.25, 0.3) is 0 Å². The van der Waals surface area contributed by atoms with E-state index in [-0.39, 0.29) is 12.8 Å². The lowest BCUT2D eigenvalue weighted by Crippen LogP contribution is -2.13. The third-order valence-corrected chi connectivity index (χ3v) is 1.17. The summed E-state index contributed by atoms with van der Waals surface area (Å²) in [7, 11) is 0. The van der Waals surface area contributed by atoms with E-state index in [2.05, 4.69) is 0 Å². The third kappa shape index (κ3) is 7.78. The summed E-state index contributed by atoms with van der Waals surface area (Å²) in [6.07, 6.45) is -0.0443. The number of hydrogen-bond acceptors (Lipinski definition) is 0. The van der Waals surface area contributed by atoms with Crippen molar-refractivity contribution in [3.8, 4) is 0 Å². The van der Waals surface area contributed by atoms with E-state index in [1.165, 1.54) is 0 Å². The average molecular weight is 157 g/mol. The molecule has 0 heterocycles. The number of halogens is 4. The summed E-state index contributed by atoms with van der Waals surface area (Å²) in [6, 6.07) is 0. The second kappa shape index (κ2) is 4.58. The highest BCUT2D eigenvalue weighted by Gasteiger charge is 2.21. The van der Waals surface area contributed by atoms with Crippen molar-refractivity contribution in [3.05, 3.63) is 0 Å². The SMILES string of the molecule is FCCCCC[B-](F)(F)F. The van der Waals surface area contributed by atoms with E-state index in [1.54, 1.807) is 0 Å². The minimum atomic E-state index is -4.64. The molecule has 10 heavy (non-hydrogen) atoms. The Hall–Kier alpha value is -0.215. The minimum absolute atomic E-state index is 0.0768. The van der Waals surface area contributed by atoms with Gasteiger partial charge in [0.15, 0.2) is 0 Å². The van der Waals surface area contributed by atoms with Crippen LogP contribution in [0.2, 0.25) is 6.32 Å². The van der Waals surface area contributed by atoms with Crippen LogP contribution >= 0.6 is 0 Å². The molecular formula is C5H10BF4-. The van der Waals surface area contributed by atoms with Crippen molar-refractivity contribution in [2.75, 3.05) is 6.67 Å². The summed E-state index contributed by atoms with van der Waals surface area (Å²) < 4.78 is 45.7. The third-order valence-electron chi connectivity index (χ3n) is 1.17. The number of rotatable bonds is 5. The van der Waals surface area contributed by atoms with Crippen LogP contribution in [0.1, 0.15) is 19.3 Å². The molecule has 0 spiro atoms. The van der Waals surface area contributed by atoms with E-state index in [0.29, 0.717) is 6.42 Å². The first-order valence-electron chi connectivity index (χ1n) is 3.33. The molecule has 0 bridgehead atoms. The number of alkyl halides is 1. The van der Waals surface area contributed by atoms with E-state index >= 15 is 0 Å². The van der Waals surface area contributed by atoms with E-state index in [9.17, 15) is 17.3 Å². The fourth-order valence-electron chi connectivity index (χ4n) is 0.647. The van der Waals surface area contributed by atoms with Gasteiger partial charge in [-0.05, 0) is 6.42 Å². The van der Waals surface area contributed by atoms with Crippen LogP contribution in [0.4, 0.5) is 17.3 Å². The van der Waals surface area contributed by atoms with Crippen LogP contribution in [0.15, 0.2) is 0 Å². The van der Waals surface area contributed by atoms with Crippen molar-refractivity contribution < 1.29 is 17.3 Å². The highest BCUT2D eigenvalue weighted by Crippen LogP contribution is 2.18. The van der Waals surface area contributed by atoms with Gasteiger partial charge in [-0.3, -0.25) is 4.39 Å². The van der Waals surface area contributed by atoms with Crippen molar-refractivity contribution in [1.29, 1.82) is 0 Å². The Bertz CT molecular complexity index is 80.2. The van der Waals surface area contributed by atoms with Crippen LogP contribution in [0, 0.1) is 0 Å². The molecule has 0 aliphatic rings. The van der Waals surface area contributed by atoms with Gasteiger partial charge in [-0.2, -0.15) is 0 Å². The van der Waals surface area contributed by atoms with Crippen LogP contribution < -0.4 is 0 Å². The molecule has 0 aromatic heterocycles. The second-order valence-electron chi connectivity index (χ2n) is 2.25. The summed E-state index contributed by atoms with van der Waals surface area (Å²) in [5.41, 5.74) is 0. The zero-order chi connectivity index (χ0) is 8.04. The molecule has 0 saturated heterocycles. The molecule has 0 radical (unpaired) electrons. The molecule has 0 aromatic rings. The lowest BCUT2D eigenvalue weighted by Gasteiger charge is -2.11. The Morgan fingerprint density at radius 2 is 1.50 bits per heavy atom.